The molecule has 104 valence electrons. The molecule has 0 aromatic heterocycles. The molecule has 19 heavy (non-hydrogen) atoms. The monoisotopic (exact) mass is 281 g/mol. The molecule has 1 saturated carbocycles. The normalized spacial score (nSPS) is 22.6. The van der Waals surface area contributed by atoms with Gasteiger partial charge in [0.05, 0.1) is 18.1 Å². The second-order valence-corrected chi connectivity index (χ2v) is 7.79. The first kappa shape index (κ1) is 13.1. The second kappa shape index (κ2) is 4.58. The molecule has 0 spiro atoms. The molecular weight excluding hydrogens is 262 g/mol. The molecule has 5 heteroatoms. The summed E-state index contributed by atoms with van der Waals surface area (Å²) < 4.78 is 29.4. The van der Waals surface area contributed by atoms with Gasteiger partial charge < -0.3 is 10.5 Å². The Bertz CT molecular complexity index is 551. The van der Waals surface area contributed by atoms with Crippen molar-refractivity contribution in [1.82, 2.24) is 0 Å². The molecule has 1 aliphatic carbocycles. The highest BCUT2D eigenvalue weighted by atomic mass is 32.2. The molecule has 2 aliphatic rings. The van der Waals surface area contributed by atoms with E-state index in [-0.39, 0.29) is 10.7 Å². The van der Waals surface area contributed by atoms with Crippen molar-refractivity contribution >= 4 is 9.84 Å². The third kappa shape index (κ3) is 2.00. The summed E-state index contributed by atoms with van der Waals surface area (Å²) in [4.78, 5) is 0.399. The Morgan fingerprint density at radius 3 is 2.21 bits per heavy atom. The van der Waals surface area contributed by atoms with Crippen LogP contribution in [0.3, 0.4) is 0 Å². The van der Waals surface area contributed by atoms with E-state index in [1.54, 1.807) is 12.1 Å². The fourth-order valence-electron chi connectivity index (χ4n) is 2.80. The van der Waals surface area contributed by atoms with Crippen LogP contribution in [-0.4, -0.2) is 33.4 Å². The summed E-state index contributed by atoms with van der Waals surface area (Å²) in [7, 11) is -3.22. The van der Waals surface area contributed by atoms with Gasteiger partial charge in [-0.2, -0.15) is 0 Å². The summed E-state index contributed by atoms with van der Waals surface area (Å²) in [6.07, 6.45) is 3.41. The molecule has 1 aromatic rings. The van der Waals surface area contributed by atoms with E-state index in [9.17, 15) is 8.42 Å². The van der Waals surface area contributed by atoms with Crippen LogP contribution < -0.4 is 5.73 Å². The van der Waals surface area contributed by atoms with Crippen LogP contribution in [0.25, 0.3) is 0 Å². The SMILES string of the molecule is NCC1(c2ccc(S(=O)(=O)C3COC3)cc2)CCC1. The van der Waals surface area contributed by atoms with Gasteiger partial charge in [-0.15, -0.1) is 0 Å². The zero-order valence-electron chi connectivity index (χ0n) is 10.8. The van der Waals surface area contributed by atoms with Gasteiger partial charge in [0.15, 0.2) is 9.84 Å². The van der Waals surface area contributed by atoms with E-state index < -0.39 is 9.84 Å². The first-order chi connectivity index (χ1) is 9.08. The molecule has 0 atom stereocenters. The Kier molecular flexibility index (Phi) is 3.15. The maximum atomic E-state index is 12.2. The minimum Gasteiger partial charge on any atom is -0.379 e. The van der Waals surface area contributed by atoms with Crippen LogP contribution in [0.4, 0.5) is 0 Å². The predicted molar refractivity (Wildman–Crippen MR) is 72.8 cm³/mol. The molecule has 0 radical (unpaired) electrons. The summed E-state index contributed by atoms with van der Waals surface area (Å²) >= 11 is 0. The van der Waals surface area contributed by atoms with Crippen molar-refractivity contribution in [3.8, 4) is 0 Å². The largest absolute Gasteiger partial charge is 0.379 e. The van der Waals surface area contributed by atoms with E-state index >= 15 is 0 Å². The van der Waals surface area contributed by atoms with Crippen molar-refractivity contribution in [2.45, 2.75) is 34.8 Å². The third-order valence-electron chi connectivity index (χ3n) is 4.54. The lowest BCUT2D eigenvalue weighted by atomic mass is 9.64. The molecule has 2 fully saturated rings. The van der Waals surface area contributed by atoms with Crippen LogP contribution in [0, 0.1) is 0 Å². The molecule has 1 aromatic carbocycles. The zero-order chi connectivity index (χ0) is 13.5. The lowest BCUT2D eigenvalue weighted by Crippen LogP contribution is -2.42. The van der Waals surface area contributed by atoms with Crippen LogP contribution in [-0.2, 0) is 20.0 Å². The number of hydrogen-bond acceptors (Lipinski definition) is 4. The van der Waals surface area contributed by atoms with Crippen molar-refractivity contribution in [3.05, 3.63) is 29.8 Å². The minimum absolute atomic E-state index is 0.0852. The number of ether oxygens (including phenoxy) is 1. The molecule has 0 bridgehead atoms. The second-order valence-electron chi connectivity index (χ2n) is 5.57. The van der Waals surface area contributed by atoms with Gasteiger partial charge in [0.1, 0.15) is 5.25 Å². The molecule has 0 amide bonds. The van der Waals surface area contributed by atoms with Gasteiger partial charge in [-0.1, -0.05) is 18.6 Å². The van der Waals surface area contributed by atoms with Crippen molar-refractivity contribution in [2.75, 3.05) is 19.8 Å². The Labute approximate surface area is 113 Å². The highest BCUT2D eigenvalue weighted by Crippen LogP contribution is 2.43. The number of nitrogens with two attached hydrogens (primary N) is 1. The molecule has 1 saturated heterocycles. The average molecular weight is 281 g/mol. The summed E-state index contributed by atoms with van der Waals surface area (Å²) in [5.41, 5.74) is 7.13. The van der Waals surface area contributed by atoms with Gasteiger partial charge >= 0.3 is 0 Å². The summed E-state index contributed by atoms with van der Waals surface area (Å²) in [5.74, 6) is 0. The van der Waals surface area contributed by atoms with E-state index in [2.05, 4.69) is 0 Å². The lowest BCUT2D eigenvalue weighted by molar-refractivity contribution is 0.0416. The van der Waals surface area contributed by atoms with E-state index in [0.717, 1.165) is 12.8 Å². The van der Waals surface area contributed by atoms with E-state index in [0.29, 0.717) is 24.7 Å². The third-order valence-corrected chi connectivity index (χ3v) is 6.62. The fraction of sp³-hybridized carbons (Fsp3) is 0.571. The predicted octanol–water partition coefficient (Wildman–Crippen LogP) is 1.24. The molecule has 3 rings (SSSR count). The van der Waals surface area contributed by atoms with Crippen molar-refractivity contribution in [2.24, 2.45) is 5.73 Å². The summed E-state index contributed by atoms with van der Waals surface area (Å²) in [6.45, 7) is 1.27. The standard InChI is InChI=1S/C14H19NO3S/c15-10-14(6-1-7-14)11-2-4-12(5-3-11)19(16,17)13-8-18-9-13/h2-5,13H,1,6-10,15H2. The van der Waals surface area contributed by atoms with Gasteiger partial charge in [-0.25, -0.2) is 8.42 Å². The number of sulfone groups is 1. The smallest absolute Gasteiger partial charge is 0.185 e. The van der Waals surface area contributed by atoms with Gasteiger partial charge in [-0.3, -0.25) is 0 Å². The Morgan fingerprint density at radius 1 is 1.21 bits per heavy atom. The highest BCUT2D eigenvalue weighted by Gasteiger charge is 2.38. The van der Waals surface area contributed by atoms with E-state index in [1.807, 2.05) is 12.1 Å². The summed E-state index contributed by atoms with van der Waals surface area (Å²) in [6, 6.07) is 7.30. The first-order valence-electron chi connectivity index (χ1n) is 6.71. The van der Waals surface area contributed by atoms with Gasteiger partial charge in [0.25, 0.3) is 0 Å². The molecular formula is C14H19NO3S. The average Bonchev–Trinajstić information content (AvgIpc) is 2.26. The van der Waals surface area contributed by atoms with Gasteiger partial charge in [-0.05, 0) is 30.5 Å². The van der Waals surface area contributed by atoms with Crippen LogP contribution in [0.2, 0.25) is 0 Å². The van der Waals surface area contributed by atoms with Gasteiger partial charge in [0, 0.05) is 12.0 Å². The Morgan fingerprint density at radius 2 is 1.84 bits per heavy atom. The van der Waals surface area contributed by atoms with Gasteiger partial charge in [0.2, 0.25) is 0 Å². The lowest BCUT2D eigenvalue weighted by Gasteiger charge is -2.41. The van der Waals surface area contributed by atoms with Crippen molar-refractivity contribution < 1.29 is 13.2 Å². The van der Waals surface area contributed by atoms with Crippen LogP contribution >= 0.6 is 0 Å². The first-order valence-corrected chi connectivity index (χ1v) is 8.25. The molecule has 2 N–H and O–H groups in total. The molecule has 1 heterocycles. The van der Waals surface area contributed by atoms with Crippen molar-refractivity contribution in [1.29, 1.82) is 0 Å². The van der Waals surface area contributed by atoms with E-state index in [1.165, 1.54) is 12.0 Å². The molecule has 1 aliphatic heterocycles. The topological polar surface area (TPSA) is 69.4 Å². The maximum Gasteiger partial charge on any atom is 0.185 e. The van der Waals surface area contributed by atoms with Crippen LogP contribution in [0.1, 0.15) is 24.8 Å². The number of rotatable bonds is 4. The Hall–Kier alpha value is -0.910. The van der Waals surface area contributed by atoms with E-state index in [4.69, 9.17) is 10.5 Å². The number of benzene rings is 1. The Balaban J connectivity index is 1.87. The zero-order valence-corrected chi connectivity index (χ0v) is 11.7. The van der Waals surface area contributed by atoms with Crippen LogP contribution in [0.5, 0.6) is 0 Å². The highest BCUT2D eigenvalue weighted by molar-refractivity contribution is 7.92. The molecule has 0 unspecified atom stereocenters. The van der Waals surface area contributed by atoms with Crippen LogP contribution in [0.15, 0.2) is 29.2 Å². The maximum absolute atomic E-state index is 12.2. The van der Waals surface area contributed by atoms with Crippen molar-refractivity contribution in [3.63, 3.8) is 0 Å². The summed E-state index contributed by atoms with van der Waals surface area (Å²) in [5, 5.41) is -0.370. The molecule has 4 nitrogen and oxygen atoms in total. The number of hydrogen-bond donors (Lipinski definition) is 1. The fourth-order valence-corrected chi connectivity index (χ4v) is 4.25. The minimum atomic E-state index is -3.22. The quantitative estimate of drug-likeness (QED) is 0.901.